The molecule has 0 N–H and O–H groups in total. The van der Waals surface area contributed by atoms with Crippen molar-refractivity contribution < 1.29 is 9.47 Å². The van der Waals surface area contributed by atoms with Crippen LogP contribution >= 0.6 is 0 Å². The van der Waals surface area contributed by atoms with Crippen molar-refractivity contribution in [3.05, 3.63) is 0 Å². The Morgan fingerprint density at radius 3 is 1.26 bits per heavy atom. The molecule has 0 bridgehead atoms. The van der Waals surface area contributed by atoms with Crippen molar-refractivity contribution in [1.82, 2.24) is 0 Å². The Labute approximate surface area is 119 Å². The van der Waals surface area contributed by atoms with Gasteiger partial charge in [0.15, 0.2) is 0 Å². The van der Waals surface area contributed by atoms with Crippen molar-refractivity contribution in [2.45, 2.75) is 71.6 Å². The van der Waals surface area contributed by atoms with Crippen LogP contribution in [0.3, 0.4) is 0 Å². The van der Waals surface area contributed by atoms with Crippen molar-refractivity contribution >= 4 is 0 Å². The van der Waals surface area contributed by atoms with Crippen LogP contribution in [0.5, 0.6) is 0 Å². The number of unbranched alkanes of at least 4 members (excludes halogenated alkanes) is 4. The molecule has 2 heteroatoms. The molecule has 0 aliphatic carbocycles. The molecule has 0 radical (unpaired) electrons. The van der Waals surface area contributed by atoms with Gasteiger partial charge in [-0.05, 0) is 25.7 Å². The fourth-order valence-corrected chi connectivity index (χ4v) is 3.36. The van der Waals surface area contributed by atoms with Gasteiger partial charge in [-0.25, -0.2) is 0 Å². The predicted octanol–water partition coefficient (Wildman–Crippen LogP) is 4.57. The van der Waals surface area contributed by atoms with Gasteiger partial charge in [0.1, 0.15) is 0 Å². The van der Waals surface area contributed by atoms with E-state index in [2.05, 4.69) is 13.8 Å². The molecule has 0 aromatic heterocycles. The van der Waals surface area contributed by atoms with Gasteiger partial charge in [-0.1, -0.05) is 46.0 Å². The van der Waals surface area contributed by atoms with E-state index in [0.29, 0.717) is 10.8 Å². The van der Waals surface area contributed by atoms with Crippen LogP contribution in [0.25, 0.3) is 0 Å². The second-order valence-corrected chi connectivity index (χ2v) is 6.96. The molecule has 2 nitrogen and oxygen atoms in total. The molecule has 0 aromatic carbocycles. The Bertz CT molecular complexity index is 217. The number of ether oxygens (including phenoxy) is 2. The molecule has 0 spiro atoms. The first kappa shape index (κ1) is 15.3. The minimum absolute atomic E-state index is 0.565. The lowest BCUT2D eigenvalue weighted by atomic mass is 9.77. The number of rotatable bonds is 10. The fraction of sp³-hybridized carbons (Fsp3) is 1.00. The van der Waals surface area contributed by atoms with E-state index in [0.717, 1.165) is 26.4 Å². The van der Waals surface area contributed by atoms with E-state index in [4.69, 9.17) is 9.47 Å². The standard InChI is InChI=1S/C17H32O2/c1-3-16(12-18-13-16)10-8-6-5-7-9-11-17(4-2)14-19-15-17/h3-15H2,1-2H3. The number of hydrogen-bond donors (Lipinski definition) is 0. The topological polar surface area (TPSA) is 18.5 Å². The molecule has 2 rings (SSSR count). The van der Waals surface area contributed by atoms with Gasteiger partial charge in [0.2, 0.25) is 0 Å². The van der Waals surface area contributed by atoms with E-state index in [-0.39, 0.29) is 0 Å². The maximum atomic E-state index is 5.38. The summed E-state index contributed by atoms with van der Waals surface area (Å²) < 4.78 is 10.8. The Balaban J connectivity index is 1.44. The molecule has 19 heavy (non-hydrogen) atoms. The Morgan fingerprint density at radius 1 is 0.632 bits per heavy atom. The van der Waals surface area contributed by atoms with Gasteiger partial charge >= 0.3 is 0 Å². The summed E-state index contributed by atoms with van der Waals surface area (Å²) in [6.07, 6.45) is 12.4. The quantitative estimate of drug-likeness (QED) is 0.540. The highest BCUT2D eigenvalue weighted by Crippen LogP contribution is 2.38. The highest BCUT2D eigenvalue weighted by atomic mass is 16.5. The van der Waals surface area contributed by atoms with Crippen LogP contribution < -0.4 is 0 Å². The van der Waals surface area contributed by atoms with Crippen molar-refractivity contribution in [3.63, 3.8) is 0 Å². The molecular formula is C17H32O2. The molecule has 2 fully saturated rings. The molecule has 0 aromatic rings. The Kier molecular flexibility index (Phi) is 5.70. The first-order chi connectivity index (χ1) is 9.24. The molecule has 0 saturated carbocycles. The molecular weight excluding hydrogens is 236 g/mol. The zero-order chi connectivity index (χ0) is 13.6. The van der Waals surface area contributed by atoms with Crippen LogP contribution in [0.4, 0.5) is 0 Å². The van der Waals surface area contributed by atoms with Gasteiger partial charge in [-0.15, -0.1) is 0 Å². The summed E-state index contributed by atoms with van der Waals surface area (Å²) in [6, 6.07) is 0. The monoisotopic (exact) mass is 268 g/mol. The van der Waals surface area contributed by atoms with E-state index in [1.54, 1.807) is 0 Å². The third-order valence-corrected chi connectivity index (χ3v) is 5.55. The molecule has 0 amide bonds. The van der Waals surface area contributed by atoms with Crippen LogP contribution in [0.15, 0.2) is 0 Å². The van der Waals surface area contributed by atoms with Gasteiger partial charge in [-0.2, -0.15) is 0 Å². The van der Waals surface area contributed by atoms with Crippen LogP contribution in [0.2, 0.25) is 0 Å². The lowest BCUT2D eigenvalue weighted by Crippen LogP contribution is -2.41. The van der Waals surface area contributed by atoms with E-state index in [1.165, 1.54) is 57.8 Å². The smallest absolute Gasteiger partial charge is 0.0544 e. The van der Waals surface area contributed by atoms with E-state index >= 15 is 0 Å². The molecule has 0 atom stereocenters. The molecule has 0 unspecified atom stereocenters. The van der Waals surface area contributed by atoms with Crippen molar-refractivity contribution in [1.29, 1.82) is 0 Å². The van der Waals surface area contributed by atoms with Gasteiger partial charge in [0.05, 0.1) is 26.4 Å². The van der Waals surface area contributed by atoms with E-state index in [1.807, 2.05) is 0 Å². The third kappa shape index (κ3) is 3.95. The van der Waals surface area contributed by atoms with Crippen molar-refractivity contribution in [2.24, 2.45) is 10.8 Å². The summed E-state index contributed by atoms with van der Waals surface area (Å²) in [5.74, 6) is 0. The first-order valence-corrected chi connectivity index (χ1v) is 8.40. The molecule has 2 aliphatic heterocycles. The van der Waals surface area contributed by atoms with Crippen molar-refractivity contribution in [3.8, 4) is 0 Å². The lowest BCUT2D eigenvalue weighted by Gasteiger charge is -2.41. The van der Waals surface area contributed by atoms with E-state index < -0.39 is 0 Å². The van der Waals surface area contributed by atoms with Crippen molar-refractivity contribution in [2.75, 3.05) is 26.4 Å². The van der Waals surface area contributed by atoms with Crippen LogP contribution in [-0.4, -0.2) is 26.4 Å². The Hall–Kier alpha value is -0.0800. The molecule has 2 saturated heterocycles. The normalized spacial score (nSPS) is 23.7. The predicted molar refractivity (Wildman–Crippen MR) is 79.4 cm³/mol. The van der Waals surface area contributed by atoms with Crippen LogP contribution in [0, 0.1) is 10.8 Å². The summed E-state index contributed by atoms with van der Waals surface area (Å²) in [5.41, 5.74) is 1.13. The van der Waals surface area contributed by atoms with Gasteiger partial charge in [0.25, 0.3) is 0 Å². The van der Waals surface area contributed by atoms with E-state index in [9.17, 15) is 0 Å². The average molecular weight is 268 g/mol. The minimum Gasteiger partial charge on any atom is -0.380 e. The zero-order valence-electron chi connectivity index (χ0n) is 13.0. The lowest BCUT2D eigenvalue weighted by molar-refractivity contribution is -0.121. The second kappa shape index (κ2) is 7.08. The van der Waals surface area contributed by atoms with Gasteiger partial charge < -0.3 is 9.47 Å². The summed E-state index contributed by atoms with van der Waals surface area (Å²) >= 11 is 0. The largest absolute Gasteiger partial charge is 0.380 e. The number of hydrogen-bond acceptors (Lipinski definition) is 2. The maximum absolute atomic E-state index is 5.38. The summed E-state index contributed by atoms with van der Waals surface area (Å²) in [6.45, 7) is 8.69. The zero-order valence-corrected chi connectivity index (χ0v) is 13.0. The van der Waals surface area contributed by atoms with Gasteiger partial charge in [0, 0.05) is 10.8 Å². The molecule has 2 heterocycles. The molecule has 2 aliphatic rings. The third-order valence-electron chi connectivity index (χ3n) is 5.55. The Morgan fingerprint density at radius 2 is 1.00 bits per heavy atom. The van der Waals surface area contributed by atoms with Gasteiger partial charge in [-0.3, -0.25) is 0 Å². The average Bonchev–Trinajstić information content (AvgIpc) is 2.34. The summed E-state index contributed by atoms with van der Waals surface area (Å²) in [5, 5.41) is 0. The first-order valence-electron chi connectivity index (χ1n) is 8.40. The minimum atomic E-state index is 0.565. The highest BCUT2D eigenvalue weighted by molar-refractivity contribution is 4.84. The summed E-state index contributed by atoms with van der Waals surface area (Å²) in [4.78, 5) is 0. The fourth-order valence-electron chi connectivity index (χ4n) is 3.36. The van der Waals surface area contributed by atoms with Crippen LogP contribution in [0.1, 0.15) is 71.6 Å². The highest BCUT2D eigenvalue weighted by Gasteiger charge is 2.36. The second-order valence-electron chi connectivity index (χ2n) is 6.96. The summed E-state index contributed by atoms with van der Waals surface area (Å²) in [7, 11) is 0. The SMILES string of the molecule is CCC1(CCCCCCCC2(CC)COC2)COC1. The molecule has 112 valence electrons. The maximum Gasteiger partial charge on any atom is 0.0544 e. The van der Waals surface area contributed by atoms with Crippen LogP contribution in [-0.2, 0) is 9.47 Å².